The van der Waals surface area contributed by atoms with Gasteiger partial charge in [0.25, 0.3) is 0 Å². The normalized spacial score (nSPS) is 19.4. The van der Waals surface area contributed by atoms with Crippen molar-refractivity contribution in [3.05, 3.63) is 34.9 Å². The van der Waals surface area contributed by atoms with Crippen molar-refractivity contribution in [1.82, 2.24) is 15.5 Å². The van der Waals surface area contributed by atoms with Gasteiger partial charge in [-0.05, 0) is 51.5 Å². The molecule has 4 nitrogen and oxygen atoms in total. The molecule has 3 rings (SSSR count). The molecule has 0 bridgehead atoms. The van der Waals surface area contributed by atoms with Gasteiger partial charge in [0.1, 0.15) is 0 Å². The SMILES string of the molecule is CN=C(NCCc1cc(C)cc(C)c1)NC1CCN(C2CC2)CC1.I. The van der Waals surface area contributed by atoms with Crippen LogP contribution in [0.1, 0.15) is 42.4 Å². The number of benzene rings is 1. The van der Waals surface area contributed by atoms with E-state index in [1.165, 1.54) is 55.5 Å². The number of nitrogens with zero attached hydrogens (tertiary/aromatic N) is 2. The predicted molar refractivity (Wildman–Crippen MR) is 117 cm³/mol. The Morgan fingerprint density at radius 2 is 1.72 bits per heavy atom. The molecule has 2 fully saturated rings. The number of aliphatic imine (C=N–C) groups is 1. The average molecular weight is 456 g/mol. The number of guanidine groups is 1. The average Bonchev–Trinajstić information content (AvgIpc) is 3.38. The zero-order valence-corrected chi connectivity index (χ0v) is 18.2. The topological polar surface area (TPSA) is 39.7 Å². The molecule has 1 aliphatic heterocycles. The van der Waals surface area contributed by atoms with E-state index in [0.717, 1.165) is 25.0 Å². The molecule has 1 saturated heterocycles. The molecule has 0 radical (unpaired) electrons. The van der Waals surface area contributed by atoms with Crippen LogP contribution in [-0.2, 0) is 6.42 Å². The van der Waals surface area contributed by atoms with Crippen LogP contribution in [0.15, 0.2) is 23.2 Å². The van der Waals surface area contributed by atoms with Gasteiger partial charge < -0.3 is 15.5 Å². The van der Waals surface area contributed by atoms with Crippen LogP contribution in [0, 0.1) is 13.8 Å². The van der Waals surface area contributed by atoms with Crippen LogP contribution in [0.25, 0.3) is 0 Å². The van der Waals surface area contributed by atoms with Crippen LogP contribution in [-0.4, -0.2) is 49.6 Å². The number of piperidine rings is 1. The minimum absolute atomic E-state index is 0. The van der Waals surface area contributed by atoms with E-state index >= 15 is 0 Å². The van der Waals surface area contributed by atoms with E-state index in [4.69, 9.17) is 0 Å². The number of aryl methyl sites for hydroxylation is 2. The zero-order chi connectivity index (χ0) is 16.9. The highest BCUT2D eigenvalue weighted by atomic mass is 127. The number of hydrogen-bond donors (Lipinski definition) is 2. The van der Waals surface area contributed by atoms with Gasteiger partial charge in [0.15, 0.2) is 5.96 Å². The Balaban J connectivity index is 0.00000225. The van der Waals surface area contributed by atoms with Crippen molar-refractivity contribution in [3.63, 3.8) is 0 Å². The number of likely N-dealkylation sites (tertiary alicyclic amines) is 1. The third-order valence-electron chi connectivity index (χ3n) is 5.14. The molecule has 0 spiro atoms. The monoisotopic (exact) mass is 456 g/mol. The Kier molecular flexibility index (Phi) is 8.00. The van der Waals surface area contributed by atoms with Crippen molar-refractivity contribution in [2.24, 2.45) is 4.99 Å². The van der Waals surface area contributed by atoms with Crippen molar-refractivity contribution in [1.29, 1.82) is 0 Å². The van der Waals surface area contributed by atoms with Crippen LogP contribution in [0.3, 0.4) is 0 Å². The first-order chi connectivity index (χ1) is 11.6. The second-order valence-corrected chi connectivity index (χ2v) is 7.43. The lowest BCUT2D eigenvalue weighted by atomic mass is 10.0. The van der Waals surface area contributed by atoms with Crippen LogP contribution >= 0.6 is 24.0 Å². The predicted octanol–water partition coefficient (Wildman–Crippen LogP) is 3.26. The maximum atomic E-state index is 4.40. The molecule has 140 valence electrons. The highest BCUT2D eigenvalue weighted by molar-refractivity contribution is 14.0. The van der Waals surface area contributed by atoms with Gasteiger partial charge in [-0.15, -0.1) is 24.0 Å². The second kappa shape index (κ2) is 9.76. The standard InChI is InChI=1S/C20H32N4.HI/c1-15-12-16(2)14-17(13-15)6-9-22-20(21-3)23-18-7-10-24(11-8-18)19-4-5-19;/h12-14,18-19H,4-11H2,1-3H3,(H2,21,22,23);1H. The first-order valence-corrected chi connectivity index (χ1v) is 9.42. The highest BCUT2D eigenvalue weighted by Crippen LogP contribution is 2.29. The Morgan fingerprint density at radius 3 is 2.28 bits per heavy atom. The molecule has 0 unspecified atom stereocenters. The summed E-state index contributed by atoms with van der Waals surface area (Å²) in [6, 6.07) is 8.25. The number of hydrogen-bond acceptors (Lipinski definition) is 2. The van der Waals surface area contributed by atoms with E-state index in [-0.39, 0.29) is 24.0 Å². The van der Waals surface area contributed by atoms with Crippen molar-refractivity contribution in [2.45, 2.75) is 58.0 Å². The van der Waals surface area contributed by atoms with Crippen LogP contribution in [0.5, 0.6) is 0 Å². The summed E-state index contributed by atoms with van der Waals surface area (Å²) in [5.74, 6) is 0.948. The second-order valence-electron chi connectivity index (χ2n) is 7.43. The van der Waals surface area contributed by atoms with Crippen molar-refractivity contribution in [3.8, 4) is 0 Å². The maximum absolute atomic E-state index is 4.40. The van der Waals surface area contributed by atoms with Crippen LogP contribution < -0.4 is 10.6 Å². The fourth-order valence-electron chi connectivity index (χ4n) is 3.78. The number of rotatable bonds is 5. The van der Waals surface area contributed by atoms with Crippen molar-refractivity contribution < 1.29 is 0 Å². The molecule has 1 aliphatic carbocycles. The molecule has 1 heterocycles. The lowest BCUT2D eigenvalue weighted by Crippen LogP contribution is -2.49. The van der Waals surface area contributed by atoms with Crippen molar-refractivity contribution in [2.75, 3.05) is 26.7 Å². The molecule has 1 aromatic carbocycles. The largest absolute Gasteiger partial charge is 0.356 e. The smallest absolute Gasteiger partial charge is 0.191 e. The third kappa shape index (κ3) is 6.44. The molecule has 0 amide bonds. The highest BCUT2D eigenvalue weighted by Gasteiger charge is 2.31. The first kappa shape index (κ1) is 20.5. The van der Waals surface area contributed by atoms with E-state index < -0.39 is 0 Å². The molecule has 5 heteroatoms. The van der Waals surface area contributed by atoms with Crippen molar-refractivity contribution >= 4 is 29.9 Å². The summed E-state index contributed by atoms with van der Waals surface area (Å²) in [6.45, 7) is 7.73. The lowest BCUT2D eigenvalue weighted by molar-refractivity contribution is 0.197. The molecule has 1 saturated carbocycles. The summed E-state index contributed by atoms with van der Waals surface area (Å²) in [5.41, 5.74) is 4.08. The molecular weight excluding hydrogens is 423 g/mol. The van der Waals surface area contributed by atoms with Gasteiger partial charge in [-0.1, -0.05) is 29.3 Å². The van der Waals surface area contributed by atoms with Gasteiger partial charge in [0.2, 0.25) is 0 Å². The molecule has 0 aromatic heterocycles. The minimum atomic E-state index is 0. The first-order valence-electron chi connectivity index (χ1n) is 9.42. The fourth-order valence-corrected chi connectivity index (χ4v) is 3.78. The van der Waals surface area contributed by atoms with E-state index in [2.05, 4.69) is 52.6 Å². The Hall–Kier alpha value is -0.820. The molecule has 2 N–H and O–H groups in total. The summed E-state index contributed by atoms with van der Waals surface area (Å²) >= 11 is 0. The van der Waals surface area contributed by atoms with Crippen LogP contribution in [0.4, 0.5) is 0 Å². The quantitative estimate of drug-likeness (QED) is 0.406. The summed E-state index contributed by atoms with van der Waals surface area (Å²) in [4.78, 5) is 7.06. The Morgan fingerprint density at radius 1 is 1.08 bits per heavy atom. The van der Waals surface area contributed by atoms with Crippen LogP contribution in [0.2, 0.25) is 0 Å². The molecular formula is C20H33IN4. The number of halogens is 1. The molecule has 1 aromatic rings. The Labute approximate surface area is 169 Å². The van der Waals surface area contributed by atoms with Gasteiger partial charge >= 0.3 is 0 Å². The summed E-state index contributed by atoms with van der Waals surface area (Å²) < 4.78 is 0. The molecule has 0 atom stereocenters. The van der Waals surface area contributed by atoms with Gasteiger partial charge in [0, 0.05) is 38.8 Å². The lowest BCUT2D eigenvalue weighted by Gasteiger charge is -2.33. The third-order valence-corrected chi connectivity index (χ3v) is 5.14. The van der Waals surface area contributed by atoms with Gasteiger partial charge in [0.05, 0.1) is 0 Å². The zero-order valence-electron chi connectivity index (χ0n) is 15.8. The molecule has 2 aliphatic rings. The minimum Gasteiger partial charge on any atom is -0.356 e. The summed E-state index contributed by atoms with van der Waals surface area (Å²) in [5, 5.41) is 7.08. The van der Waals surface area contributed by atoms with Gasteiger partial charge in [-0.25, -0.2) is 0 Å². The van der Waals surface area contributed by atoms with Gasteiger partial charge in [-0.3, -0.25) is 4.99 Å². The molecule has 25 heavy (non-hydrogen) atoms. The maximum Gasteiger partial charge on any atom is 0.191 e. The summed E-state index contributed by atoms with van der Waals surface area (Å²) in [6.07, 6.45) is 6.32. The fraction of sp³-hybridized carbons (Fsp3) is 0.650. The summed E-state index contributed by atoms with van der Waals surface area (Å²) in [7, 11) is 1.87. The number of nitrogens with one attached hydrogen (secondary N) is 2. The van der Waals surface area contributed by atoms with E-state index in [1.54, 1.807) is 0 Å². The van der Waals surface area contributed by atoms with E-state index in [0.29, 0.717) is 6.04 Å². The Bertz CT molecular complexity index is 555. The van der Waals surface area contributed by atoms with E-state index in [9.17, 15) is 0 Å². The van der Waals surface area contributed by atoms with E-state index in [1.807, 2.05) is 7.05 Å². The van der Waals surface area contributed by atoms with Gasteiger partial charge in [-0.2, -0.15) is 0 Å².